The average Bonchev–Trinajstić information content (AvgIpc) is 2.89. The molecule has 122 valence electrons. The summed E-state index contributed by atoms with van der Waals surface area (Å²) in [4.78, 5) is 13.3. The van der Waals surface area contributed by atoms with E-state index in [1.54, 1.807) is 0 Å². The van der Waals surface area contributed by atoms with Gasteiger partial charge in [0.2, 0.25) is 0 Å². The van der Waals surface area contributed by atoms with Gasteiger partial charge in [-0.1, -0.05) is 36.2 Å². The van der Waals surface area contributed by atoms with Crippen LogP contribution in [0.25, 0.3) is 10.9 Å². The minimum absolute atomic E-state index is 0.101. The van der Waals surface area contributed by atoms with Gasteiger partial charge in [-0.25, -0.2) is 19.3 Å². The van der Waals surface area contributed by atoms with Gasteiger partial charge >= 0.3 is 0 Å². The molecule has 0 N–H and O–H groups in total. The van der Waals surface area contributed by atoms with Crippen LogP contribution in [0.2, 0.25) is 5.15 Å². The maximum Gasteiger partial charge on any atom is 0.188 e. The highest BCUT2D eigenvalue weighted by Gasteiger charge is 2.36. The van der Waals surface area contributed by atoms with Crippen molar-refractivity contribution in [2.24, 2.45) is 11.8 Å². The van der Waals surface area contributed by atoms with Crippen molar-refractivity contribution in [2.45, 2.75) is 50.1 Å². The Labute approximate surface area is 144 Å². The fraction of sp³-hybridized carbons (Fsp3) is 0.588. The van der Waals surface area contributed by atoms with Crippen LogP contribution in [0.4, 0.5) is 4.39 Å². The molecule has 3 nitrogen and oxygen atoms in total. The molecular formula is C17H19ClFN3S. The predicted molar refractivity (Wildman–Crippen MR) is 91.6 cm³/mol. The number of nitrogens with zero attached hydrogens (tertiary/aromatic N) is 3. The van der Waals surface area contributed by atoms with Crippen molar-refractivity contribution in [3.05, 3.63) is 22.4 Å². The maximum atomic E-state index is 14.5. The first-order valence-corrected chi connectivity index (χ1v) is 9.74. The number of aromatic nitrogens is 3. The van der Waals surface area contributed by atoms with E-state index >= 15 is 0 Å². The first kappa shape index (κ1) is 15.6. The normalized spacial score (nSPS) is 26.9. The highest BCUT2D eigenvalue weighted by atomic mass is 35.5. The van der Waals surface area contributed by atoms with E-state index in [2.05, 4.69) is 9.97 Å². The molecule has 2 aromatic heterocycles. The summed E-state index contributed by atoms with van der Waals surface area (Å²) < 4.78 is 14.5. The highest BCUT2D eigenvalue weighted by molar-refractivity contribution is 7.98. The van der Waals surface area contributed by atoms with Crippen LogP contribution in [0.1, 0.15) is 49.4 Å². The van der Waals surface area contributed by atoms with Crippen LogP contribution in [0.15, 0.2) is 5.16 Å². The van der Waals surface area contributed by atoms with Gasteiger partial charge in [0.25, 0.3) is 0 Å². The van der Waals surface area contributed by atoms with Crippen molar-refractivity contribution >= 4 is 34.3 Å². The van der Waals surface area contributed by atoms with Crippen LogP contribution in [0.3, 0.4) is 0 Å². The standard InChI is InChI=1S/C17H19ClFN3S/c1-8-12-14(11-6-9-3-4-10(5-9)7-11)21-17(23-2)22-15(12)13(19)16(18)20-8/h9-11H,3-7H2,1-2H3. The van der Waals surface area contributed by atoms with Crippen molar-refractivity contribution in [3.8, 4) is 0 Å². The molecule has 2 heterocycles. The van der Waals surface area contributed by atoms with Crippen LogP contribution in [0.5, 0.6) is 0 Å². The Morgan fingerprint density at radius 3 is 2.43 bits per heavy atom. The van der Waals surface area contributed by atoms with E-state index in [1.165, 1.54) is 31.0 Å². The van der Waals surface area contributed by atoms with E-state index in [0.29, 0.717) is 16.6 Å². The summed E-state index contributed by atoms with van der Waals surface area (Å²) in [6.45, 7) is 1.87. The Balaban J connectivity index is 1.92. The van der Waals surface area contributed by atoms with Gasteiger partial charge in [0.1, 0.15) is 5.52 Å². The van der Waals surface area contributed by atoms with Gasteiger partial charge in [0.05, 0.1) is 11.4 Å². The van der Waals surface area contributed by atoms with Crippen molar-refractivity contribution < 1.29 is 4.39 Å². The summed E-state index contributed by atoms with van der Waals surface area (Å²) in [6.07, 6.45) is 8.24. The van der Waals surface area contributed by atoms with Gasteiger partial charge < -0.3 is 0 Å². The molecule has 0 spiro atoms. The number of hydrogen-bond donors (Lipinski definition) is 0. The van der Waals surface area contributed by atoms with Crippen molar-refractivity contribution in [1.29, 1.82) is 0 Å². The largest absolute Gasteiger partial charge is 0.238 e. The summed E-state index contributed by atoms with van der Waals surface area (Å²) >= 11 is 7.38. The highest BCUT2D eigenvalue weighted by Crippen LogP contribution is 2.49. The summed E-state index contributed by atoms with van der Waals surface area (Å²) in [5.41, 5.74) is 2.04. The third kappa shape index (κ3) is 2.62. The number of hydrogen-bond acceptors (Lipinski definition) is 4. The molecule has 2 aromatic rings. The Morgan fingerprint density at radius 1 is 1.09 bits per heavy atom. The number of aryl methyl sites for hydroxylation is 1. The number of thioether (sulfide) groups is 1. The lowest BCUT2D eigenvalue weighted by molar-refractivity contribution is 0.316. The molecule has 6 heteroatoms. The van der Waals surface area contributed by atoms with Crippen LogP contribution >= 0.6 is 23.4 Å². The summed E-state index contributed by atoms with van der Waals surface area (Å²) in [7, 11) is 0. The maximum absolute atomic E-state index is 14.5. The Hall–Kier alpha value is -0.940. The number of rotatable bonds is 2. The molecule has 0 amide bonds. The molecule has 0 aliphatic heterocycles. The van der Waals surface area contributed by atoms with Crippen molar-refractivity contribution in [1.82, 2.24) is 15.0 Å². The molecule has 2 fully saturated rings. The number of fused-ring (bicyclic) bond motifs is 3. The molecule has 2 aliphatic carbocycles. The quantitative estimate of drug-likeness (QED) is 0.426. The smallest absolute Gasteiger partial charge is 0.188 e. The third-order valence-electron chi connectivity index (χ3n) is 5.39. The van der Waals surface area contributed by atoms with E-state index in [-0.39, 0.29) is 5.15 Å². The second kappa shape index (κ2) is 5.85. The average molecular weight is 352 g/mol. The lowest BCUT2D eigenvalue weighted by atomic mass is 9.78. The molecule has 0 saturated heterocycles. The molecule has 2 atom stereocenters. The Kier molecular flexibility index (Phi) is 3.96. The van der Waals surface area contributed by atoms with Gasteiger partial charge in [-0.2, -0.15) is 0 Å². The van der Waals surface area contributed by atoms with E-state index in [0.717, 1.165) is 41.5 Å². The van der Waals surface area contributed by atoms with E-state index < -0.39 is 5.82 Å². The monoisotopic (exact) mass is 351 g/mol. The summed E-state index contributed by atoms with van der Waals surface area (Å²) in [5, 5.41) is 1.29. The van der Waals surface area contributed by atoms with Gasteiger partial charge in [0, 0.05) is 11.3 Å². The zero-order valence-corrected chi connectivity index (χ0v) is 14.8. The summed E-state index contributed by atoms with van der Waals surface area (Å²) in [5.74, 6) is 1.46. The molecule has 2 bridgehead atoms. The van der Waals surface area contributed by atoms with Gasteiger partial charge in [-0.15, -0.1) is 0 Å². The minimum atomic E-state index is -0.523. The van der Waals surface area contributed by atoms with Crippen LogP contribution in [0, 0.1) is 24.6 Å². The molecule has 2 aliphatic rings. The van der Waals surface area contributed by atoms with Crippen LogP contribution in [-0.2, 0) is 0 Å². The molecule has 23 heavy (non-hydrogen) atoms. The molecular weight excluding hydrogens is 333 g/mol. The third-order valence-corrected chi connectivity index (χ3v) is 6.19. The zero-order chi connectivity index (χ0) is 16.1. The second-order valence-corrected chi connectivity index (χ2v) is 7.97. The van der Waals surface area contributed by atoms with E-state index in [9.17, 15) is 4.39 Å². The van der Waals surface area contributed by atoms with Crippen LogP contribution < -0.4 is 0 Å². The molecule has 2 saturated carbocycles. The number of halogens is 2. The Morgan fingerprint density at radius 2 is 1.78 bits per heavy atom. The molecule has 2 unspecified atom stereocenters. The first-order chi connectivity index (χ1) is 11.1. The first-order valence-electron chi connectivity index (χ1n) is 8.14. The summed E-state index contributed by atoms with van der Waals surface area (Å²) in [6, 6.07) is 0. The lowest BCUT2D eigenvalue weighted by Gasteiger charge is -2.28. The fourth-order valence-electron chi connectivity index (χ4n) is 4.44. The molecule has 0 aromatic carbocycles. The van der Waals surface area contributed by atoms with Crippen molar-refractivity contribution in [3.63, 3.8) is 0 Å². The van der Waals surface area contributed by atoms with Gasteiger partial charge in [-0.3, -0.25) is 0 Å². The van der Waals surface area contributed by atoms with Gasteiger partial charge in [-0.05, 0) is 44.3 Å². The minimum Gasteiger partial charge on any atom is -0.238 e. The number of pyridine rings is 1. The topological polar surface area (TPSA) is 38.7 Å². The van der Waals surface area contributed by atoms with Crippen LogP contribution in [-0.4, -0.2) is 21.2 Å². The second-order valence-electron chi connectivity index (χ2n) is 6.83. The zero-order valence-electron chi connectivity index (χ0n) is 13.3. The van der Waals surface area contributed by atoms with E-state index in [1.807, 2.05) is 13.2 Å². The molecule has 0 radical (unpaired) electrons. The SMILES string of the molecule is CSc1nc(C2CC3CCC(C3)C2)c2c(C)nc(Cl)c(F)c2n1. The molecule has 4 rings (SSSR count). The van der Waals surface area contributed by atoms with Crippen molar-refractivity contribution in [2.75, 3.05) is 6.26 Å². The van der Waals surface area contributed by atoms with Gasteiger partial charge in [0.15, 0.2) is 16.1 Å². The van der Waals surface area contributed by atoms with E-state index in [4.69, 9.17) is 16.6 Å². The predicted octanol–water partition coefficient (Wildman–Crippen LogP) is 5.14. The Bertz CT molecular complexity index is 770. The lowest BCUT2D eigenvalue weighted by Crippen LogP contribution is -2.17. The fourth-order valence-corrected chi connectivity index (χ4v) is 5.03.